The molecule has 0 saturated carbocycles. The van der Waals surface area contributed by atoms with Crippen molar-refractivity contribution >= 4 is 51.1 Å². The van der Waals surface area contributed by atoms with E-state index in [4.69, 9.17) is 16.3 Å². The number of aromatic nitrogens is 3. The first-order valence-electron chi connectivity index (χ1n) is 11.3. The molecule has 1 aliphatic heterocycles. The van der Waals surface area contributed by atoms with E-state index < -0.39 is 0 Å². The van der Waals surface area contributed by atoms with Gasteiger partial charge in [-0.2, -0.15) is 0 Å². The number of nitrogens with zero attached hydrogens (tertiary/aromatic N) is 2. The number of benzene rings is 2. The first-order valence-corrected chi connectivity index (χ1v) is 12.7. The van der Waals surface area contributed by atoms with Gasteiger partial charge in [-0.05, 0) is 49.1 Å². The number of para-hydroxylation sites is 1. The molecule has 1 atom stereocenters. The van der Waals surface area contributed by atoms with Crippen molar-refractivity contribution < 1.29 is 9.53 Å². The molecule has 34 heavy (non-hydrogen) atoms. The molecule has 1 fully saturated rings. The van der Waals surface area contributed by atoms with E-state index in [1.54, 1.807) is 22.8 Å². The summed E-state index contributed by atoms with van der Waals surface area (Å²) in [6.45, 7) is 1.66. The second-order valence-corrected chi connectivity index (χ2v) is 9.73. The Morgan fingerprint density at radius 1 is 1.26 bits per heavy atom. The molecule has 176 valence electrons. The smallest absolute Gasteiger partial charge is 0.262 e. The second kappa shape index (κ2) is 10.2. The molecule has 0 radical (unpaired) electrons. The molecule has 1 unspecified atom stereocenters. The van der Waals surface area contributed by atoms with Crippen LogP contribution in [0.15, 0.2) is 58.6 Å². The quantitative estimate of drug-likeness (QED) is 0.282. The summed E-state index contributed by atoms with van der Waals surface area (Å²) >= 11 is 7.38. The molecule has 0 bridgehead atoms. The molecule has 0 spiro atoms. The normalized spacial score (nSPS) is 15.9. The third kappa shape index (κ3) is 4.99. The van der Waals surface area contributed by atoms with Crippen molar-refractivity contribution in [1.29, 1.82) is 0 Å². The van der Waals surface area contributed by atoms with Gasteiger partial charge in [0.15, 0.2) is 5.16 Å². The summed E-state index contributed by atoms with van der Waals surface area (Å²) in [6, 6.07) is 13.2. The van der Waals surface area contributed by atoms with Gasteiger partial charge < -0.3 is 15.0 Å². The highest BCUT2D eigenvalue weighted by atomic mass is 35.5. The van der Waals surface area contributed by atoms with Crippen LogP contribution in [-0.2, 0) is 22.5 Å². The molecule has 5 rings (SSSR count). The number of amides is 1. The third-order valence-electron chi connectivity index (χ3n) is 6.02. The molecule has 3 heterocycles. The third-order valence-corrected chi connectivity index (χ3v) is 7.23. The molecule has 1 amide bonds. The highest BCUT2D eigenvalue weighted by Crippen LogP contribution is 2.23. The van der Waals surface area contributed by atoms with Gasteiger partial charge >= 0.3 is 0 Å². The lowest BCUT2D eigenvalue weighted by atomic mass is 10.1. The minimum atomic E-state index is -0.139. The number of nitrogens with one attached hydrogen (secondary N) is 2. The number of hydrogen-bond acceptors (Lipinski definition) is 5. The summed E-state index contributed by atoms with van der Waals surface area (Å²) in [5, 5.41) is 5.67. The number of rotatable bonds is 8. The SMILES string of the molecule is O=C(CSc1nc2cc(Cl)ccc2c(=O)n1CC1CCCO1)NCCc1c[nH]c2ccccc12. The van der Waals surface area contributed by atoms with Crippen LogP contribution >= 0.6 is 23.4 Å². The van der Waals surface area contributed by atoms with E-state index in [-0.39, 0.29) is 23.3 Å². The lowest BCUT2D eigenvalue weighted by Gasteiger charge is -2.16. The molecule has 4 aromatic rings. The zero-order chi connectivity index (χ0) is 23.5. The maximum absolute atomic E-state index is 13.2. The van der Waals surface area contributed by atoms with Crippen molar-refractivity contribution in [2.75, 3.05) is 18.9 Å². The van der Waals surface area contributed by atoms with Crippen LogP contribution in [0.5, 0.6) is 0 Å². The van der Waals surface area contributed by atoms with E-state index >= 15 is 0 Å². The zero-order valence-corrected chi connectivity index (χ0v) is 20.1. The van der Waals surface area contributed by atoms with Gasteiger partial charge in [0.25, 0.3) is 5.56 Å². The van der Waals surface area contributed by atoms with Crippen molar-refractivity contribution in [2.24, 2.45) is 0 Å². The summed E-state index contributed by atoms with van der Waals surface area (Å²) in [4.78, 5) is 33.7. The molecule has 2 aromatic carbocycles. The number of H-pyrrole nitrogens is 1. The van der Waals surface area contributed by atoms with E-state index in [0.29, 0.717) is 40.8 Å². The van der Waals surface area contributed by atoms with Gasteiger partial charge in [-0.15, -0.1) is 0 Å². The Labute approximate surface area is 205 Å². The van der Waals surface area contributed by atoms with E-state index in [2.05, 4.69) is 21.4 Å². The van der Waals surface area contributed by atoms with Crippen molar-refractivity contribution in [1.82, 2.24) is 19.9 Å². The topological polar surface area (TPSA) is 89.0 Å². The Hall–Kier alpha value is -2.81. The lowest BCUT2D eigenvalue weighted by molar-refractivity contribution is -0.118. The van der Waals surface area contributed by atoms with Crippen LogP contribution in [0.25, 0.3) is 21.8 Å². The highest BCUT2D eigenvalue weighted by Gasteiger charge is 2.21. The molecular formula is C25H25ClN4O3S. The van der Waals surface area contributed by atoms with Crippen LogP contribution in [-0.4, -0.2) is 45.5 Å². The van der Waals surface area contributed by atoms with E-state index in [0.717, 1.165) is 24.8 Å². The molecule has 1 aliphatic rings. The molecular weight excluding hydrogens is 472 g/mol. The van der Waals surface area contributed by atoms with Gasteiger partial charge in [-0.25, -0.2) is 4.98 Å². The lowest BCUT2D eigenvalue weighted by Crippen LogP contribution is -2.30. The monoisotopic (exact) mass is 496 g/mol. The standard InChI is InChI=1S/C25H25ClN4O3S/c26-17-7-8-20-22(12-17)29-25(30(24(20)32)14-18-4-3-11-33-18)34-15-23(31)27-10-9-16-13-28-21-6-2-1-5-19(16)21/h1-2,5-8,12-13,18,28H,3-4,9-11,14-15H2,(H,27,31). The predicted molar refractivity (Wildman–Crippen MR) is 136 cm³/mol. The Bertz CT molecular complexity index is 1390. The average Bonchev–Trinajstić information content (AvgIpc) is 3.50. The van der Waals surface area contributed by atoms with Crippen LogP contribution in [0, 0.1) is 0 Å². The highest BCUT2D eigenvalue weighted by molar-refractivity contribution is 7.99. The summed E-state index contributed by atoms with van der Waals surface area (Å²) < 4.78 is 7.38. The van der Waals surface area contributed by atoms with Gasteiger partial charge in [0.2, 0.25) is 5.91 Å². The number of thioether (sulfide) groups is 1. The largest absolute Gasteiger partial charge is 0.376 e. The van der Waals surface area contributed by atoms with Crippen molar-refractivity contribution in [3.05, 3.63) is 69.6 Å². The Kier molecular flexibility index (Phi) is 6.89. The van der Waals surface area contributed by atoms with Crippen molar-refractivity contribution in [3.63, 3.8) is 0 Å². The number of carbonyl (C=O) groups is 1. The van der Waals surface area contributed by atoms with Gasteiger partial charge in [0.1, 0.15) is 0 Å². The number of ether oxygens (including phenoxy) is 1. The van der Waals surface area contributed by atoms with E-state index in [1.165, 1.54) is 22.7 Å². The van der Waals surface area contributed by atoms with Crippen LogP contribution in [0.1, 0.15) is 18.4 Å². The van der Waals surface area contributed by atoms with Crippen LogP contribution in [0.2, 0.25) is 5.02 Å². The molecule has 2 N–H and O–H groups in total. The molecule has 2 aromatic heterocycles. The van der Waals surface area contributed by atoms with Crippen LogP contribution in [0.4, 0.5) is 0 Å². The Morgan fingerprint density at radius 2 is 2.15 bits per heavy atom. The zero-order valence-electron chi connectivity index (χ0n) is 18.6. The fourth-order valence-electron chi connectivity index (χ4n) is 4.29. The summed E-state index contributed by atoms with van der Waals surface area (Å²) in [7, 11) is 0. The van der Waals surface area contributed by atoms with Gasteiger partial charge in [-0.1, -0.05) is 41.6 Å². The summed E-state index contributed by atoms with van der Waals surface area (Å²) in [6.07, 6.45) is 4.59. The van der Waals surface area contributed by atoms with E-state index in [1.807, 2.05) is 24.4 Å². The predicted octanol–water partition coefficient (Wildman–Crippen LogP) is 4.16. The molecule has 9 heteroatoms. The molecule has 0 aliphatic carbocycles. The minimum Gasteiger partial charge on any atom is -0.376 e. The maximum atomic E-state index is 13.2. The number of hydrogen-bond donors (Lipinski definition) is 2. The number of halogens is 1. The first kappa shape index (κ1) is 23.0. The van der Waals surface area contributed by atoms with Crippen molar-refractivity contribution in [2.45, 2.75) is 37.1 Å². The molecule has 7 nitrogen and oxygen atoms in total. The van der Waals surface area contributed by atoms with Gasteiger partial charge in [0.05, 0.1) is 29.3 Å². The average molecular weight is 497 g/mol. The number of aromatic amines is 1. The van der Waals surface area contributed by atoms with Crippen molar-refractivity contribution in [3.8, 4) is 0 Å². The number of fused-ring (bicyclic) bond motifs is 2. The van der Waals surface area contributed by atoms with E-state index in [9.17, 15) is 9.59 Å². The fraction of sp³-hybridized carbons (Fsp3) is 0.320. The maximum Gasteiger partial charge on any atom is 0.262 e. The number of carbonyl (C=O) groups excluding carboxylic acids is 1. The van der Waals surface area contributed by atoms with Gasteiger partial charge in [0, 0.05) is 35.3 Å². The fourth-order valence-corrected chi connectivity index (χ4v) is 5.30. The van der Waals surface area contributed by atoms with Crippen LogP contribution < -0.4 is 10.9 Å². The first-order chi connectivity index (χ1) is 16.6. The summed E-state index contributed by atoms with van der Waals surface area (Å²) in [5.41, 5.74) is 2.65. The minimum absolute atomic E-state index is 0.0198. The molecule has 1 saturated heterocycles. The Balaban J connectivity index is 1.27. The second-order valence-electron chi connectivity index (χ2n) is 8.35. The van der Waals surface area contributed by atoms with Crippen LogP contribution in [0.3, 0.4) is 0 Å². The summed E-state index contributed by atoms with van der Waals surface area (Å²) in [5.74, 6) is 0.0618. The Morgan fingerprint density at radius 3 is 3.00 bits per heavy atom. The van der Waals surface area contributed by atoms with Gasteiger partial charge in [-0.3, -0.25) is 14.2 Å².